The lowest BCUT2D eigenvalue weighted by atomic mass is 10.0. The van der Waals surface area contributed by atoms with E-state index in [0.29, 0.717) is 19.3 Å². The van der Waals surface area contributed by atoms with E-state index < -0.39 is 6.10 Å². The number of ether oxygens (including phenoxy) is 3. The lowest BCUT2D eigenvalue weighted by Gasteiger charge is -2.18. The van der Waals surface area contributed by atoms with Crippen molar-refractivity contribution in [2.75, 3.05) is 13.2 Å². The Morgan fingerprint density at radius 3 is 0.827 bits per heavy atom. The summed E-state index contributed by atoms with van der Waals surface area (Å²) in [5.74, 6) is -0.858. The average Bonchev–Trinajstić information content (AvgIpc) is 3.41. The molecular weight excluding hydrogens is 925 g/mol. The molecule has 0 rings (SSSR count). The largest absolute Gasteiger partial charge is 0.462 e. The Hall–Kier alpha value is -2.89. The van der Waals surface area contributed by atoms with Crippen LogP contribution in [0.3, 0.4) is 0 Å². The van der Waals surface area contributed by atoms with Gasteiger partial charge >= 0.3 is 17.9 Å². The molecule has 1 unspecified atom stereocenters. The minimum Gasteiger partial charge on any atom is -0.462 e. The Kier molecular flexibility index (Phi) is 61.2. The molecule has 0 aromatic rings. The van der Waals surface area contributed by atoms with Crippen molar-refractivity contribution in [3.63, 3.8) is 0 Å². The van der Waals surface area contributed by atoms with E-state index in [2.05, 4.69) is 81.5 Å². The quantitative estimate of drug-likeness (QED) is 0.0261. The highest BCUT2D eigenvalue weighted by Gasteiger charge is 2.19. The summed E-state index contributed by atoms with van der Waals surface area (Å²) in [4.78, 5) is 38.4. The van der Waals surface area contributed by atoms with Gasteiger partial charge in [0.25, 0.3) is 0 Å². The SMILES string of the molecule is CC/C=C\C/C=C\C/C=C\C/C=C\CCCCCCCCCCCCC(=O)OCC(COC(=O)CCCCCCCCCCCCCCCCC)OC(=O)CCCCCCCCCCC/C=C\CCCCCCCC. The standard InChI is InChI=1S/C69H124O6/c1-4-7-10-13-16-19-22-25-28-30-32-33-34-35-37-38-41-44-47-50-53-56-59-62-68(71)74-65-66(64-73-67(70)61-58-55-52-49-46-43-40-27-24-21-18-15-12-9-6-3)75-69(72)63-60-57-54-51-48-45-42-39-36-31-29-26-23-20-17-14-11-8-5-2/h7,10,16,19,25-26,28-29,32-33,66H,4-6,8-9,11-15,17-18,20-24,27,30-31,34-65H2,1-3H3/b10-7-,19-16-,28-25-,29-26-,33-32-. The van der Waals surface area contributed by atoms with Crippen molar-refractivity contribution < 1.29 is 28.6 Å². The molecule has 75 heavy (non-hydrogen) atoms. The van der Waals surface area contributed by atoms with Crippen LogP contribution in [0, 0.1) is 0 Å². The molecule has 0 saturated carbocycles. The molecule has 1 atom stereocenters. The van der Waals surface area contributed by atoms with Gasteiger partial charge in [-0.2, -0.15) is 0 Å². The predicted molar refractivity (Wildman–Crippen MR) is 325 cm³/mol. The van der Waals surface area contributed by atoms with Gasteiger partial charge in [0.05, 0.1) is 0 Å². The molecule has 0 amide bonds. The van der Waals surface area contributed by atoms with Gasteiger partial charge in [-0.3, -0.25) is 14.4 Å². The van der Waals surface area contributed by atoms with Gasteiger partial charge in [0, 0.05) is 19.3 Å². The van der Waals surface area contributed by atoms with Crippen LogP contribution in [-0.2, 0) is 28.6 Å². The van der Waals surface area contributed by atoms with Gasteiger partial charge in [-0.05, 0) is 83.5 Å². The number of rotatable bonds is 60. The molecule has 0 saturated heterocycles. The van der Waals surface area contributed by atoms with Gasteiger partial charge in [0.1, 0.15) is 13.2 Å². The normalized spacial score (nSPS) is 12.4. The van der Waals surface area contributed by atoms with Crippen molar-refractivity contribution >= 4 is 17.9 Å². The summed E-state index contributed by atoms with van der Waals surface area (Å²) in [5.41, 5.74) is 0. The van der Waals surface area contributed by atoms with Crippen molar-refractivity contribution in [3.8, 4) is 0 Å². The van der Waals surface area contributed by atoms with E-state index in [1.807, 2.05) is 0 Å². The third-order valence-electron chi connectivity index (χ3n) is 14.5. The molecule has 0 N–H and O–H groups in total. The highest BCUT2D eigenvalue weighted by molar-refractivity contribution is 5.71. The average molecular weight is 1050 g/mol. The van der Waals surface area contributed by atoms with Gasteiger partial charge in [-0.15, -0.1) is 0 Å². The van der Waals surface area contributed by atoms with Crippen LogP contribution >= 0.6 is 0 Å². The number of carbonyl (C=O) groups is 3. The number of hydrogen-bond acceptors (Lipinski definition) is 6. The maximum Gasteiger partial charge on any atom is 0.306 e. The Bertz CT molecular complexity index is 1340. The Balaban J connectivity index is 4.33. The maximum absolute atomic E-state index is 12.9. The van der Waals surface area contributed by atoms with E-state index in [-0.39, 0.29) is 31.1 Å². The number of esters is 3. The van der Waals surface area contributed by atoms with Crippen LogP contribution in [0.5, 0.6) is 0 Å². The van der Waals surface area contributed by atoms with E-state index in [1.54, 1.807) is 0 Å². The summed E-state index contributed by atoms with van der Waals surface area (Å²) in [5, 5.41) is 0. The molecule has 6 nitrogen and oxygen atoms in total. The number of hydrogen-bond donors (Lipinski definition) is 0. The summed E-state index contributed by atoms with van der Waals surface area (Å²) < 4.78 is 17.0. The van der Waals surface area contributed by atoms with Gasteiger partial charge in [0.2, 0.25) is 0 Å². The Morgan fingerprint density at radius 1 is 0.280 bits per heavy atom. The lowest BCUT2D eigenvalue weighted by Crippen LogP contribution is -2.30. The number of carbonyl (C=O) groups excluding carboxylic acids is 3. The monoisotopic (exact) mass is 1050 g/mol. The first-order valence-corrected chi connectivity index (χ1v) is 32.8. The van der Waals surface area contributed by atoms with E-state index in [9.17, 15) is 14.4 Å². The summed E-state index contributed by atoms with van der Waals surface area (Å²) in [7, 11) is 0. The fourth-order valence-corrected chi connectivity index (χ4v) is 9.61. The fraction of sp³-hybridized carbons (Fsp3) is 0.812. The highest BCUT2D eigenvalue weighted by Crippen LogP contribution is 2.17. The topological polar surface area (TPSA) is 78.9 Å². The second kappa shape index (κ2) is 63.6. The molecule has 0 fully saturated rings. The predicted octanol–water partition coefficient (Wildman–Crippen LogP) is 22.3. The van der Waals surface area contributed by atoms with Crippen molar-refractivity contribution in [2.24, 2.45) is 0 Å². The zero-order valence-electron chi connectivity index (χ0n) is 50.1. The fourth-order valence-electron chi connectivity index (χ4n) is 9.61. The molecule has 0 aliphatic heterocycles. The summed E-state index contributed by atoms with van der Waals surface area (Å²) in [6.07, 6.45) is 80.8. The highest BCUT2D eigenvalue weighted by atomic mass is 16.6. The molecule has 0 aliphatic carbocycles. The van der Waals surface area contributed by atoms with Crippen LogP contribution in [-0.4, -0.2) is 37.2 Å². The smallest absolute Gasteiger partial charge is 0.306 e. The molecule has 6 heteroatoms. The van der Waals surface area contributed by atoms with Crippen molar-refractivity contribution in [3.05, 3.63) is 60.8 Å². The molecule has 0 aliphatic rings. The first kappa shape index (κ1) is 72.1. The second-order valence-electron chi connectivity index (χ2n) is 22.0. The van der Waals surface area contributed by atoms with E-state index >= 15 is 0 Å². The van der Waals surface area contributed by atoms with Gasteiger partial charge in [0.15, 0.2) is 6.10 Å². The van der Waals surface area contributed by atoms with E-state index in [4.69, 9.17) is 14.2 Å². The Morgan fingerprint density at radius 2 is 0.520 bits per heavy atom. The summed E-state index contributed by atoms with van der Waals surface area (Å²) >= 11 is 0. The van der Waals surface area contributed by atoms with Gasteiger partial charge in [-0.25, -0.2) is 0 Å². The zero-order valence-corrected chi connectivity index (χ0v) is 50.1. The third kappa shape index (κ3) is 61.8. The first-order valence-electron chi connectivity index (χ1n) is 32.8. The third-order valence-corrected chi connectivity index (χ3v) is 14.5. The van der Waals surface area contributed by atoms with Crippen LogP contribution in [0.2, 0.25) is 0 Å². The molecular formula is C69H124O6. The molecule has 436 valence electrons. The van der Waals surface area contributed by atoms with Gasteiger partial charge < -0.3 is 14.2 Å². The molecule has 0 radical (unpaired) electrons. The van der Waals surface area contributed by atoms with Crippen LogP contribution < -0.4 is 0 Å². The van der Waals surface area contributed by atoms with Crippen LogP contribution in [0.1, 0.15) is 342 Å². The molecule has 0 aromatic carbocycles. The maximum atomic E-state index is 12.9. The molecule has 0 heterocycles. The molecule has 0 bridgehead atoms. The summed E-state index contributed by atoms with van der Waals surface area (Å²) in [6.45, 7) is 6.57. The van der Waals surface area contributed by atoms with Crippen LogP contribution in [0.15, 0.2) is 60.8 Å². The van der Waals surface area contributed by atoms with Crippen molar-refractivity contribution in [2.45, 2.75) is 348 Å². The van der Waals surface area contributed by atoms with Crippen molar-refractivity contribution in [1.82, 2.24) is 0 Å². The van der Waals surface area contributed by atoms with Crippen LogP contribution in [0.25, 0.3) is 0 Å². The van der Waals surface area contributed by atoms with Crippen molar-refractivity contribution in [1.29, 1.82) is 0 Å². The number of unbranched alkanes of at least 4 members (excludes halogenated alkanes) is 39. The first-order chi connectivity index (χ1) is 37.0. The molecule has 0 spiro atoms. The minimum absolute atomic E-state index is 0.0721. The van der Waals surface area contributed by atoms with Crippen LogP contribution in [0.4, 0.5) is 0 Å². The van der Waals surface area contributed by atoms with E-state index in [0.717, 1.165) is 83.5 Å². The Labute approximate surface area is 466 Å². The zero-order chi connectivity index (χ0) is 54.3. The number of allylic oxidation sites excluding steroid dienone is 10. The second-order valence-corrected chi connectivity index (χ2v) is 22.0. The lowest BCUT2D eigenvalue weighted by molar-refractivity contribution is -0.167. The van der Waals surface area contributed by atoms with Gasteiger partial charge in [-0.1, -0.05) is 300 Å². The summed E-state index contributed by atoms with van der Waals surface area (Å²) in [6, 6.07) is 0. The van der Waals surface area contributed by atoms with E-state index in [1.165, 1.54) is 218 Å². The minimum atomic E-state index is -0.776. The molecule has 0 aromatic heterocycles.